The summed E-state index contributed by atoms with van der Waals surface area (Å²) < 4.78 is 31.7. The van der Waals surface area contributed by atoms with E-state index >= 15 is 0 Å². The Morgan fingerprint density at radius 2 is 2.06 bits per heavy atom. The normalized spacial score (nSPS) is 25.6. The van der Waals surface area contributed by atoms with Crippen LogP contribution in [-0.4, -0.2) is 54.0 Å². The number of fused-ring (bicyclic) bond motifs is 1. The van der Waals surface area contributed by atoms with E-state index in [1.54, 1.807) is 11.3 Å². The second-order valence-electron chi connectivity index (χ2n) is 9.80. The highest BCUT2D eigenvalue weighted by atomic mass is 32.2. The summed E-state index contributed by atoms with van der Waals surface area (Å²) in [6, 6.07) is 0. The third kappa shape index (κ3) is 4.27. The molecule has 1 amide bonds. The summed E-state index contributed by atoms with van der Waals surface area (Å²) in [5.74, 6) is 4.89. The molecule has 1 aliphatic heterocycles. The molecule has 0 aromatic carbocycles. The molecule has 2 heterocycles. The lowest BCUT2D eigenvalue weighted by atomic mass is 9.74. The molecule has 11 heteroatoms. The summed E-state index contributed by atoms with van der Waals surface area (Å²) in [4.78, 5) is 26.1. The number of aryl methyl sites for hydroxylation is 1. The number of amides is 1. The van der Waals surface area contributed by atoms with Crippen molar-refractivity contribution in [2.75, 3.05) is 19.7 Å². The number of rotatable bonds is 6. The Morgan fingerprint density at radius 1 is 1.34 bits per heavy atom. The smallest absolute Gasteiger partial charge is 0.424 e. The first-order chi connectivity index (χ1) is 15.0. The summed E-state index contributed by atoms with van der Waals surface area (Å²) in [6.07, 6.45) is 5.17. The van der Waals surface area contributed by atoms with Crippen molar-refractivity contribution in [2.45, 2.75) is 64.7 Å². The van der Waals surface area contributed by atoms with E-state index in [0.717, 1.165) is 64.7 Å². The van der Waals surface area contributed by atoms with Gasteiger partial charge in [-0.1, -0.05) is 26.7 Å². The largest absolute Gasteiger partial charge is 0.478 e. The van der Waals surface area contributed by atoms with Crippen molar-refractivity contribution in [3.63, 3.8) is 0 Å². The zero-order valence-electron chi connectivity index (χ0n) is 18.5. The molecule has 2 fully saturated rings. The van der Waals surface area contributed by atoms with Gasteiger partial charge in [-0.15, -0.1) is 15.8 Å². The van der Waals surface area contributed by atoms with Gasteiger partial charge < -0.3 is 9.84 Å². The molecule has 2 aliphatic carbocycles. The lowest BCUT2D eigenvalue weighted by Gasteiger charge is -2.34. The Labute approximate surface area is 192 Å². The average molecular weight is 486 g/mol. The van der Waals surface area contributed by atoms with E-state index in [2.05, 4.69) is 13.8 Å². The van der Waals surface area contributed by atoms with Crippen LogP contribution in [0.25, 0.3) is 0 Å². The van der Waals surface area contributed by atoms with E-state index in [-0.39, 0.29) is 36.9 Å². The highest BCUT2D eigenvalue weighted by Crippen LogP contribution is 2.48. The standard InChI is InChI=1S/C21H31N3O6S2/c1-21(2)8-7-16-15(11-21)17(19(25)26)18(31-16)14-6-4-3-5-13(14)12-24(22)32(28,29)23-9-10-30-20(23)27/h13-14H,3-12,22H2,1-2H3,(H,25,26)/t13-,14-/m1/s1. The minimum Gasteiger partial charge on any atom is -0.478 e. The number of aromatic carboxylic acids is 1. The van der Waals surface area contributed by atoms with Gasteiger partial charge in [-0.3, -0.25) is 5.84 Å². The zero-order valence-corrected chi connectivity index (χ0v) is 20.1. The van der Waals surface area contributed by atoms with Crippen LogP contribution in [-0.2, 0) is 27.8 Å². The van der Waals surface area contributed by atoms with Crippen molar-refractivity contribution in [3.8, 4) is 0 Å². The predicted molar refractivity (Wildman–Crippen MR) is 120 cm³/mol. The van der Waals surface area contributed by atoms with Gasteiger partial charge in [0.2, 0.25) is 0 Å². The van der Waals surface area contributed by atoms with Gasteiger partial charge in [0.05, 0.1) is 12.1 Å². The molecular formula is C21H31N3O6S2. The van der Waals surface area contributed by atoms with Crippen LogP contribution in [0.1, 0.15) is 77.5 Å². The third-order valence-electron chi connectivity index (χ3n) is 6.97. The van der Waals surface area contributed by atoms with Crippen LogP contribution in [0, 0.1) is 11.3 Å². The maximum Gasteiger partial charge on any atom is 0.424 e. The quantitative estimate of drug-likeness (QED) is 0.468. The van der Waals surface area contributed by atoms with Crippen molar-refractivity contribution < 1.29 is 27.9 Å². The molecule has 1 saturated carbocycles. The number of carboxylic acids is 1. The van der Waals surface area contributed by atoms with Gasteiger partial charge in [0.1, 0.15) is 6.61 Å². The Morgan fingerprint density at radius 3 is 2.72 bits per heavy atom. The monoisotopic (exact) mass is 485 g/mol. The number of hydrazine groups is 1. The molecular weight excluding hydrogens is 454 g/mol. The van der Waals surface area contributed by atoms with Gasteiger partial charge in [0, 0.05) is 16.3 Å². The predicted octanol–water partition coefficient (Wildman–Crippen LogP) is 3.11. The second kappa shape index (κ2) is 8.58. The number of cyclic esters (lactones) is 1. The number of hydrogen-bond acceptors (Lipinski definition) is 7. The van der Waals surface area contributed by atoms with Crippen LogP contribution in [0.5, 0.6) is 0 Å². The number of carbonyl (C=O) groups excluding carboxylic acids is 1. The first-order valence-corrected chi connectivity index (χ1v) is 13.3. The number of ether oxygens (including phenoxy) is 1. The highest BCUT2D eigenvalue weighted by molar-refractivity contribution is 7.87. The Kier molecular flexibility index (Phi) is 6.30. The number of thiophene rings is 1. The van der Waals surface area contributed by atoms with E-state index in [1.165, 1.54) is 0 Å². The fourth-order valence-corrected chi connectivity index (χ4v) is 7.97. The van der Waals surface area contributed by atoms with E-state index < -0.39 is 22.3 Å². The van der Waals surface area contributed by atoms with E-state index in [4.69, 9.17) is 10.6 Å². The highest BCUT2D eigenvalue weighted by Gasteiger charge is 2.41. The molecule has 0 radical (unpaired) electrons. The van der Waals surface area contributed by atoms with Crippen LogP contribution in [0.3, 0.4) is 0 Å². The molecule has 0 unspecified atom stereocenters. The Bertz CT molecular complexity index is 1020. The minimum atomic E-state index is -4.18. The molecule has 1 aromatic rings. The van der Waals surface area contributed by atoms with Gasteiger partial charge in [0.15, 0.2) is 0 Å². The first-order valence-electron chi connectivity index (χ1n) is 11.1. The molecule has 32 heavy (non-hydrogen) atoms. The fourth-order valence-electron chi connectivity index (χ4n) is 5.25. The fraction of sp³-hybridized carbons (Fsp3) is 0.714. The summed E-state index contributed by atoms with van der Waals surface area (Å²) in [6.45, 7) is 4.33. The van der Waals surface area contributed by atoms with Crippen molar-refractivity contribution >= 4 is 33.6 Å². The molecule has 9 nitrogen and oxygen atoms in total. The number of carbonyl (C=O) groups is 2. The molecule has 0 bridgehead atoms. The van der Waals surface area contributed by atoms with Crippen molar-refractivity contribution in [1.82, 2.24) is 8.72 Å². The van der Waals surface area contributed by atoms with Crippen molar-refractivity contribution in [1.29, 1.82) is 0 Å². The van der Waals surface area contributed by atoms with Gasteiger partial charge in [-0.25, -0.2) is 9.59 Å². The molecule has 1 aromatic heterocycles. The molecule has 3 aliphatic rings. The molecule has 0 spiro atoms. The molecule has 3 N–H and O–H groups in total. The number of carboxylic acid groups (broad SMARTS) is 1. The first kappa shape index (κ1) is 23.5. The number of hydrogen-bond donors (Lipinski definition) is 2. The summed E-state index contributed by atoms with van der Waals surface area (Å²) in [5, 5.41) is 10.1. The SMILES string of the molecule is CC1(C)CCc2sc([C@@H]3CCCC[C@@H]3CN(N)S(=O)(=O)N3CCOC3=O)c(C(=O)O)c2C1. The van der Waals surface area contributed by atoms with Gasteiger partial charge >= 0.3 is 22.3 Å². The van der Waals surface area contributed by atoms with Crippen molar-refractivity contribution in [2.24, 2.45) is 17.2 Å². The van der Waals surface area contributed by atoms with Gasteiger partial charge in [-0.2, -0.15) is 12.7 Å². The summed E-state index contributed by atoms with van der Waals surface area (Å²) in [5.41, 5.74) is 1.44. The Balaban J connectivity index is 1.63. The van der Waals surface area contributed by atoms with Crippen molar-refractivity contribution in [3.05, 3.63) is 20.9 Å². The molecule has 4 rings (SSSR count). The van der Waals surface area contributed by atoms with E-state index in [1.807, 2.05) is 0 Å². The van der Waals surface area contributed by atoms with Crippen LogP contribution in [0.2, 0.25) is 0 Å². The topological polar surface area (TPSA) is 130 Å². The van der Waals surface area contributed by atoms with Gasteiger partial charge in [-0.05, 0) is 54.9 Å². The van der Waals surface area contributed by atoms with E-state index in [0.29, 0.717) is 9.87 Å². The van der Waals surface area contributed by atoms with Crippen LogP contribution in [0.15, 0.2) is 0 Å². The average Bonchev–Trinajstić information content (AvgIpc) is 3.31. The van der Waals surface area contributed by atoms with Crippen LogP contribution < -0.4 is 5.84 Å². The maximum atomic E-state index is 12.8. The third-order valence-corrected chi connectivity index (χ3v) is 10.0. The zero-order chi connectivity index (χ0) is 23.3. The lowest BCUT2D eigenvalue weighted by molar-refractivity contribution is 0.0692. The maximum absolute atomic E-state index is 12.8. The summed E-state index contributed by atoms with van der Waals surface area (Å²) >= 11 is 1.59. The summed E-state index contributed by atoms with van der Waals surface area (Å²) in [7, 11) is -4.18. The minimum absolute atomic E-state index is 0.0109. The molecule has 1 saturated heterocycles. The van der Waals surface area contributed by atoms with Gasteiger partial charge in [0.25, 0.3) is 0 Å². The second-order valence-corrected chi connectivity index (χ2v) is 12.7. The number of nitrogens with two attached hydrogens (primary N) is 1. The number of nitrogens with zero attached hydrogens (tertiary/aromatic N) is 2. The van der Waals surface area contributed by atoms with Crippen LogP contribution in [0.4, 0.5) is 4.79 Å². The molecule has 178 valence electrons. The van der Waals surface area contributed by atoms with E-state index in [9.17, 15) is 23.1 Å². The Hall–Kier alpha value is -1.69. The lowest BCUT2D eigenvalue weighted by Crippen LogP contribution is -2.50. The van der Waals surface area contributed by atoms with Crippen LogP contribution >= 0.6 is 11.3 Å². The molecule has 2 atom stereocenters.